The average molecular weight is 286 g/mol. The Morgan fingerprint density at radius 1 is 1.42 bits per heavy atom. The molecule has 1 amide bonds. The van der Waals surface area contributed by atoms with Crippen LogP contribution < -0.4 is 5.32 Å². The molecule has 1 rings (SSSR count). The molecule has 5 heteroatoms. The standard InChI is InChI=1S/C14H20ClNO3/c1-14(2,3)12(6-7-17)16-13(19)9-4-5-11(18)10(15)8-9/h4-5,8,12,17-18H,6-7H2,1-3H3,(H,16,19). The van der Waals surface area contributed by atoms with Crippen LogP contribution in [0.1, 0.15) is 37.6 Å². The lowest BCUT2D eigenvalue weighted by Crippen LogP contribution is -2.44. The van der Waals surface area contributed by atoms with E-state index in [9.17, 15) is 9.90 Å². The fourth-order valence-electron chi connectivity index (χ4n) is 1.74. The van der Waals surface area contributed by atoms with Crippen LogP contribution in [-0.4, -0.2) is 28.8 Å². The Hall–Kier alpha value is -1.26. The van der Waals surface area contributed by atoms with Gasteiger partial charge in [-0.15, -0.1) is 0 Å². The van der Waals surface area contributed by atoms with Gasteiger partial charge in [-0.25, -0.2) is 0 Å². The van der Waals surface area contributed by atoms with Crippen LogP contribution in [0.15, 0.2) is 18.2 Å². The number of hydrogen-bond donors (Lipinski definition) is 3. The molecule has 1 unspecified atom stereocenters. The highest BCUT2D eigenvalue weighted by atomic mass is 35.5. The number of aromatic hydroxyl groups is 1. The van der Waals surface area contributed by atoms with E-state index in [1.807, 2.05) is 20.8 Å². The third-order valence-corrected chi connectivity index (χ3v) is 3.28. The number of hydrogen-bond acceptors (Lipinski definition) is 3. The summed E-state index contributed by atoms with van der Waals surface area (Å²) in [5.41, 5.74) is 0.231. The van der Waals surface area contributed by atoms with Crippen molar-refractivity contribution >= 4 is 17.5 Å². The Bertz CT molecular complexity index is 454. The molecule has 1 atom stereocenters. The zero-order valence-electron chi connectivity index (χ0n) is 11.4. The van der Waals surface area contributed by atoms with Crippen LogP contribution in [0.5, 0.6) is 5.75 Å². The fraction of sp³-hybridized carbons (Fsp3) is 0.500. The molecule has 0 aromatic heterocycles. The minimum atomic E-state index is -0.268. The number of rotatable bonds is 4. The van der Waals surface area contributed by atoms with Gasteiger partial charge in [0, 0.05) is 18.2 Å². The minimum Gasteiger partial charge on any atom is -0.506 e. The topological polar surface area (TPSA) is 69.6 Å². The molecule has 0 aliphatic rings. The number of phenols is 1. The Morgan fingerprint density at radius 2 is 2.05 bits per heavy atom. The SMILES string of the molecule is CC(C)(C)C(CCO)NC(=O)c1ccc(O)c(Cl)c1. The number of phenolic OH excluding ortho intramolecular Hbond substituents is 1. The maximum absolute atomic E-state index is 12.1. The monoisotopic (exact) mass is 285 g/mol. The Labute approximate surface area is 118 Å². The summed E-state index contributed by atoms with van der Waals surface area (Å²) in [7, 11) is 0. The van der Waals surface area contributed by atoms with Crippen molar-refractivity contribution in [2.24, 2.45) is 5.41 Å². The molecule has 1 aromatic carbocycles. The second-order valence-electron chi connectivity index (χ2n) is 5.57. The van der Waals surface area contributed by atoms with Gasteiger partial charge in [0.1, 0.15) is 5.75 Å². The van der Waals surface area contributed by atoms with Crippen LogP contribution in [0.4, 0.5) is 0 Å². The molecule has 0 heterocycles. The van der Waals surface area contributed by atoms with E-state index in [-0.39, 0.29) is 34.7 Å². The summed E-state index contributed by atoms with van der Waals surface area (Å²) in [5, 5.41) is 21.4. The highest BCUT2D eigenvalue weighted by molar-refractivity contribution is 6.32. The van der Waals surface area contributed by atoms with Gasteiger partial charge in [0.15, 0.2) is 0 Å². The molecule has 0 fully saturated rings. The minimum absolute atomic E-state index is 0.0125. The van der Waals surface area contributed by atoms with E-state index in [1.54, 1.807) is 0 Å². The molecule has 0 spiro atoms. The van der Waals surface area contributed by atoms with Gasteiger partial charge in [0.2, 0.25) is 0 Å². The summed E-state index contributed by atoms with van der Waals surface area (Å²) in [6.07, 6.45) is 0.487. The zero-order valence-corrected chi connectivity index (χ0v) is 12.2. The number of carbonyl (C=O) groups is 1. The molecule has 0 aliphatic heterocycles. The van der Waals surface area contributed by atoms with E-state index in [4.69, 9.17) is 16.7 Å². The van der Waals surface area contributed by atoms with Crippen LogP contribution in [0.2, 0.25) is 5.02 Å². The molecule has 0 radical (unpaired) electrons. The van der Waals surface area contributed by atoms with Gasteiger partial charge in [-0.3, -0.25) is 4.79 Å². The zero-order chi connectivity index (χ0) is 14.6. The van der Waals surface area contributed by atoms with Crippen molar-refractivity contribution in [3.8, 4) is 5.75 Å². The smallest absolute Gasteiger partial charge is 0.251 e. The maximum atomic E-state index is 12.1. The van der Waals surface area contributed by atoms with Gasteiger partial charge in [-0.05, 0) is 30.0 Å². The third-order valence-electron chi connectivity index (χ3n) is 2.98. The van der Waals surface area contributed by atoms with Crippen molar-refractivity contribution in [1.29, 1.82) is 0 Å². The second-order valence-corrected chi connectivity index (χ2v) is 5.98. The molecule has 1 aromatic rings. The molecular formula is C14H20ClNO3. The van der Waals surface area contributed by atoms with Crippen molar-refractivity contribution in [1.82, 2.24) is 5.32 Å². The Kier molecular flexibility index (Phi) is 5.20. The number of amides is 1. The average Bonchev–Trinajstić information content (AvgIpc) is 2.30. The van der Waals surface area contributed by atoms with E-state index in [1.165, 1.54) is 18.2 Å². The van der Waals surface area contributed by atoms with E-state index >= 15 is 0 Å². The first-order chi connectivity index (χ1) is 8.75. The van der Waals surface area contributed by atoms with Crippen molar-refractivity contribution in [2.75, 3.05) is 6.61 Å². The number of aliphatic hydroxyl groups excluding tert-OH is 1. The molecule has 4 nitrogen and oxygen atoms in total. The van der Waals surface area contributed by atoms with Gasteiger partial charge < -0.3 is 15.5 Å². The summed E-state index contributed by atoms with van der Waals surface area (Å²) < 4.78 is 0. The lowest BCUT2D eigenvalue weighted by atomic mass is 9.85. The van der Waals surface area contributed by atoms with Crippen molar-refractivity contribution in [3.05, 3.63) is 28.8 Å². The fourth-order valence-corrected chi connectivity index (χ4v) is 1.92. The first-order valence-electron chi connectivity index (χ1n) is 6.16. The summed E-state index contributed by atoms with van der Waals surface area (Å²) in [6.45, 7) is 6.00. The van der Waals surface area contributed by atoms with Gasteiger partial charge in [-0.1, -0.05) is 32.4 Å². The summed E-state index contributed by atoms with van der Waals surface area (Å²) in [6, 6.07) is 4.17. The van der Waals surface area contributed by atoms with E-state index in [2.05, 4.69) is 5.32 Å². The summed E-state index contributed by atoms with van der Waals surface area (Å²) in [4.78, 5) is 12.1. The normalized spacial score (nSPS) is 13.1. The van der Waals surface area contributed by atoms with Crippen molar-refractivity contribution in [2.45, 2.75) is 33.2 Å². The van der Waals surface area contributed by atoms with E-state index < -0.39 is 0 Å². The van der Waals surface area contributed by atoms with Crippen LogP contribution in [0, 0.1) is 5.41 Å². The van der Waals surface area contributed by atoms with Crippen molar-refractivity contribution in [3.63, 3.8) is 0 Å². The number of aliphatic hydroxyl groups is 1. The van der Waals surface area contributed by atoms with Gasteiger partial charge in [-0.2, -0.15) is 0 Å². The first-order valence-corrected chi connectivity index (χ1v) is 6.53. The number of nitrogens with one attached hydrogen (secondary N) is 1. The molecule has 106 valence electrons. The number of halogens is 1. The molecule has 19 heavy (non-hydrogen) atoms. The van der Waals surface area contributed by atoms with Crippen LogP contribution in [0.3, 0.4) is 0 Å². The van der Waals surface area contributed by atoms with Gasteiger partial charge in [0.05, 0.1) is 5.02 Å². The highest BCUT2D eigenvalue weighted by Crippen LogP contribution is 2.25. The molecule has 0 bridgehead atoms. The molecule has 0 saturated heterocycles. The van der Waals surface area contributed by atoms with Gasteiger partial charge >= 0.3 is 0 Å². The van der Waals surface area contributed by atoms with Crippen molar-refractivity contribution < 1.29 is 15.0 Å². The van der Waals surface area contributed by atoms with Crippen LogP contribution >= 0.6 is 11.6 Å². The predicted octanol–water partition coefficient (Wildman–Crippen LogP) is 2.57. The van der Waals surface area contributed by atoms with E-state index in [0.29, 0.717) is 12.0 Å². The molecule has 3 N–H and O–H groups in total. The molecule has 0 saturated carbocycles. The maximum Gasteiger partial charge on any atom is 0.251 e. The molecule has 0 aliphatic carbocycles. The van der Waals surface area contributed by atoms with E-state index in [0.717, 1.165) is 0 Å². The Morgan fingerprint density at radius 3 is 2.53 bits per heavy atom. The second kappa shape index (κ2) is 6.26. The number of benzene rings is 1. The Balaban J connectivity index is 2.84. The quantitative estimate of drug-likeness (QED) is 0.796. The third kappa shape index (κ3) is 4.40. The van der Waals surface area contributed by atoms with Crippen LogP contribution in [-0.2, 0) is 0 Å². The summed E-state index contributed by atoms with van der Waals surface area (Å²) in [5.74, 6) is -0.323. The lowest BCUT2D eigenvalue weighted by molar-refractivity contribution is 0.0885. The molecular weight excluding hydrogens is 266 g/mol. The summed E-state index contributed by atoms with van der Waals surface area (Å²) >= 11 is 5.78. The lowest BCUT2D eigenvalue weighted by Gasteiger charge is -2.31. The van der Waals surface area contributed by atoms with Gasteiger partial charge in [0.25, 0.3) is 5.91 Å². The largest absolute Gasteiger partial charge is 0.506 e. The number of carbonyl (C=O) groups excluding carboxylic acids is 1. The predicted molar refractivity (Wildman–Crippen MR) is 75.5 cm³/mol. The highest BCUT2D eigenvalue weighted by Gasteiger charge is 2.26. The van der Waals surface area contributed by atoms with Crippen LogP contribution in [0.25, 0.3) is 0 Å². The first kappa shape index (κ1) is 15.8.